The number of piperidine rings is 3. The summed E-state index contributed by atoms with van der Waals surface area (Å²) in [5.41, 5.74) is 2.54. The first kappa shape index (κ1) is 18.6. The summed E-state index contributed by atoms with van der Waals surface area (Å²) in [4.78, 5) is 17.2. The van der Waals surface area contributed by atoms with Crippen molar-refractivity contribution in [2.24, 2.45) is 11.8 Å². The van der Waals surface area contributed by atoms with Crippen LogP contribution in [0.1, 0.15) is 44.1 Å². The number of aromatic hydroxyl groups is 1. The second kappa shape index (κ2) is 7.24. The number of phenols is 1. The van der Waals surface area contributed by atoms with Crippen molar-refractivity contribution in [1.82, 2.24) is 9.80 Å². The van der Waals surface area contributed by atoms with Crippen molar-refractivity contribution in [1.29, 1.82) is 0 Å². The number of hydrogen-bond donors (Lipinski definition) is 1. The third-order valence-electron chi connectivity index (χ3n) is 7.99. The molecule has 0 radical (unpaired) electrons. The van der Waals surface area contributed by atoms with Gasteiger partial charge in [0.25, 0.3) is 0 Å². The van der Waals surface area contributed by atoms with E-state index in [0.29, 0.717) is 24.1 Å². The molecule has 4 aliphatic rings. The smallest absolute Gasteiger partial charge is 0.336 e. The highest BCUT2D eigenvalue weighted by molar-refractivity contribution is 5.81. The largest absolute Gasteiger partial charge is 0.507 e. The van der Waals surface area contributed by atoms with Gasteiger partial charge in [0, 0.05) is 36.6 Å². The Hall–Kier alpha value is -2.11. The topological polar surface area (TPSA) is 56.9 Å². The lowest BCUT2D eigenvalue weighted by atomic mass is 9.68. The molecular weight excluding hydrogens is 376 g/mol. The normalized spacial score (nSPS) is 31.8. The molecular formula is C25H30N2O3. The van der Waals surface area contributed by atoms with Crippen molar-refractivity contribution in [3.05, 3.63) is 51.9 Å². The van der Waals surface area contributed by atoms with E-state index in [1.807, 2.05) is 6.07 Å². The van der Waals surface area contributed by atoms with Gasteiger partial charge in [-0.2, -0.15) is 0 Å². The molecule has 1 aromatic heterocycles. The lowest BCUT2D eigenvalue weighted by Gasteiger charge is -2.54. The van der Waals surface area contributed by atoms with Gasteiger partial charge in [0.15, 0.2) is 0 Å². The van der Waals surface area contributed by atoms with Crippen molar-refractivity contribution >= 4 is 11.0 Å². The molecule has 0 spiro atoms. The van der Waals surface area contributed by atoms with Gasteiger partial charge in [-0.05, 0) is 75.2 Å². The van der Waals surface area contributed by atoms with Crippen LogP contribution in [0.2, 0.25) is 0 Å². The molecule has 0 saturated carbocycles. The van der Waals surface area contributed by atoms with Crippen LogP contribution in [-0.2, 0) is 6.54 Å². The SMILES string of the molecule is O=c1ccc2ccc(O)c(CN3CCCC4=C[C@H]5C[C@H](CN6CCCC[C@@H]56)[C@@H]43)c2o1. The molecule has 4 heterocycles. The first-order valence-corrected chi connectivity index (χ1v) is 11.6. The lowest BCUT2D eigenvalue weighted by Crippen LogP contribution is -2.59. The van der Waals surface area contributed by atoms with Crippen LogP contribution in [0.25, 0.3) is 11.0 Å². The summed E-state index contributed by atoms with van der Waals surface area (Å²) >= 11 is 0. The van der Waals surface area contributed by atoms with Crippen LogP contribution < -0.4 is 5.63 Å². The Morgan fingerprint density at radius 3 is 2.93 bits per heavy atom. The molecule has 5 heteroatoms. The second-order valence-electron chi connectivity index (χ2n) is 9.71. The van der Waals surface area contributed by atoms with Crippen molar-refractivity contribution in [2.75, 3.05) is 19.6 Å². The zero-order valence-corrected chi connectivity index (χ0v) is 17.4. The Bertz CT molecular complexity index is 1060. The summed E-state index contributed by atoms with van der Waals surface area (Å²) in [6, 6.07) is 7.99. The molecule has 6 rings (SSSR count). The minimum atomic E-state index is -0.363. The Morgan fingerprint density at radius 1 is 1.10 bits per heavy atom. The van der Waals surface area contributed by atoms with E-state index in [-0.39, 0.29) is 11.4 Å². The quantitative estimate of drug-likeness (QED) is 0.606. The first-order chi connectivity index (χ1) is 14.7. The van der Waals surface area contributed by atoms with Gasteiger partial charge in [0.05, 0.1) is 5.56 Å². The molecule has 2 aromatic rings. The molecule has 1 aromatic carbocycles. The highest BCUT2D eigenvalue weighted by atomic mass is 16.4. The Kier molecular flexibility index (Phi) is 4.50. The highest BCUT2D eigenvalue weighted by Gasteiger charge is 2.45. The zero-order valence-electron chi connectivity index (χ0n) is 17.4. The van der Waals surface area contributed by atoms with Gasteiger partial charge in [0.1, 0.15) is 11.3 Å². The van der Waals surface area contributed by atoms with E-state index in [2.05, 4.69) is 15.9 Å². The summed E-state index contributed by atoms with van der Waals surface area (Å²) < 4.78 is 5.54. The van der Waals surface area contributed by atoms with Crippen LogP contribution in [0, 0.1) is 11.8 Å². The van der Waals surface area contributed by atoms with Crippen molar-refractivity contribution in [3.63, 3.8) is 0 Å². The number of rotatable bonds is 2. The van der Waals surface area contributed by atoms with Crippen molar-refractivity contribution < 1.29 is 9.52 Å². The fourth-order valence-electron chi connectivity index (χ4n) is 6.80. The van der Waals surface area contributed by atoms with Crippen LogP contribution >= 0.6 is 0 Å². The third-order valence-corrected chi connectivity index (χ3v) is 7.99. The average molecular weight is 407 g/mol. The number of benzene rings is 1. The number of nitrogens with zero attached hydrogens (tertiary/aromatic N) is 2. The Morgan fingerprint density at radius 2 is 2.00 bits per heavy atom. The molecule has 2 bridgehead atoms. The monoisotopic (exact) mass is 406 g/mol. The van der Waals surface area contributed by atoms with Gasteiger partial charge < -0.3 is 9.52 Å². The second-order valence-corrected chi connectivity index (χ2v) is 9.71. The van der Waals surface area contributed by atoms with Gasteiger partial charge in [-0.1, -0.05) is 18.1 Å². The lowest BCUT2D eigenvalue weighted by molar-refractivity contribution is -0.00274. The number of fused-ring (bicyclic) bond motifs is 7. The van der Waals surface area contributed by atoms with Crippen LogP contribution in [0.15, 0.2) is 45.1 Å². The predicted molar refractivity (Wildman–Crippen MR) is 116 cm³/mol. The van der Waals surface area contributed by atoms with E-state index in [4.69, 9.17) is 4.42 Å². The molecule has 1 aliphatic carbocycles. The maximum absolute atomic E-state index is 11.9. The van der Waals surface area contributed by atoms with Gasteiger partial charge >= 0.3 is 5.63 Å². The Labute approximate surface area is 177 Å². The fourth-order valence-corrected chi connectivity index (χ4v) is 6.80. The molecule has 5 nitrogen and oxygen atoms in total. The van der Waals surface area contributed by atoms with Gasteiger partial charge in [-0.15, -0.1) is 0 Å². The number of likely N-dealkylation sites (tertiary alicyclic amines) is 1. The molecule has 3 aliphatic heterocycles. The summed E-state index contributed by atoms with van der Waals surface area (Å²) in [6.07, 6.45) is 10.4. The number of phenolic OH excluding ortho intramolecular Hbond substituents is 1. The van der Waals surface area contributed by atoms with Gasteiger partial charge in [-0.25, -0.2) is 4.79 Å². The fraction of sp³-hybridized carbons (Fsp3) is 0.560. The molecule has 3 saturated heterocycles. The summed E-state index contributed by atoms with van der Waals surface area (Å²) in [5, 5.41) is 11.5. The molecule has 30 heavy (non-hydrogen) atoms. The maximum atomic E-state index is 11.9. The van der Waals surface area contributed by atoms with Gasteiger partial charge in [0.2, 0.25) is 0 Å². The van der Waals surface area contributed by atoms with Crippen LogP contribution in [0.5, 0.6) is 5.75 Å². The zero-order chi connectivity index (χ0) is 20.2. The molecule has 1 N–H and O–H groups in total. The molecule has 158 valence electrons. The maximum Gasteiger partial charge on any atom is 0.336 e. The van der Waals surface area contributed by atoms with Crippen LogP contribution in [-0.4, -0.2) is 46.6 Å². The summed E-state index contributed by atoms with van der Waals surface area (Å²) in [5.74, 6) is 1.61. The summed E-state index contributed by atoms with van der Waals surface area (Å²) in [6.45, 7) is 4.11. The van der Waals surface area contributed by atoms with Crippen LogP contribution in [0.4, 0.5) is 0 Å². The van der Waals surface area contributed by atoms with E-state index < -0.39 is 0 Å². The van der Waals surface area contributed by atoms with E-state index in [9.17, 15) is 9.90 Å². The van der Waals surface area contributed by atoms with E-state index in [0.717, 1.165) is 35.9 Å². The molecule has 0 amide bonds. The van der Waals surface area contributed by atoms with Crippen molar-refractivity contribution in [2.45, 2.75) is 57.2 Å². The number of hydrogen-bond acceptors (Lipinski definition) is 5. The first-order valence-electron chi connectivity index (χ1n) is 11.6. The van der Waals surface area contributed by atoms with Gasteiger partial charge in [-0.3, -0.25) is 9.80 Å². The van der Waals surface area contributed by atoms with Crippen LogP contribution in [0.3, 0.4) is 0 Å². The standard InChI is InChI=1S/C25H30N2O3/c28-22-8-6-16-7-9-23(29)30-25(16)20(22)15-27-11-3-4-17-12-18-13-19(24(17)27)14-26-10-2-1-5-21(18)26/h6-9,12,18-19,21,24,28H,1-5,10-11,13-15H2/t18-,19+,21-,24+/m0/s1. The van der Waals surface area contributed by atoms with E-state index in [1.165, 1.54) is 51.3 Å². The predicted octanol–water partition coefficient (Wildman–Crippen LogP) is 3.89. The summed E-state index contributed by atoms with van der Waals surface area (Å²) in [7, 11) is 0. The van der Waals surface area contributed by atoms with Crippen molar-refractivity contribution in [3.8, 4) is 5.75 Å². The van der Waals surface area contributed by atoms with E-state index in [1.54, 1.807) is 17.7 Å². The molecule has 4 atom stereocenters. The highest BCUT2D eigenvalue weighted by Crippen LogP contribution is 2.45. The molecule has 3 fully saturated rings. The average Bonchev–Trinajstić information content (AvgIpc) is 2.76. The molecule has 0 unspecified atom stereocenters. The third kappa shape index (κ3) is 3.02. The Balaban J connectivity index is 1.36. The van der Waals surface area contributed by atoms with E-state index >= 15 is 0 Å². The minimum absolute atomic E-state index is 0.223. The minimum Gasteiger partial charge on any atom is -0.507 e.